The quantitative estimate of drug-likeness (QED) is 0.368. The van der Waals surface area contributed by atoms with E-state index in [9.17, 15) is 13.2 Å². The summed E-state index contributed by atoms with van der Waals surface area (Å²) >= 11 is 1.67. The maximum Gasteiger partial charge on any atom is 0.390 e. The van der Waals surface area contributed by atoms with Crippen LogP contribution in [0.2, 0.25) is 0 Å². The summed E-state index contributed by atoms with van der Waals surface area (Å²) in [5.74, 6) is 0.413. The standard InChI is InChI=1S/C14H23F3N4S.HI/c1-4-11-10(3)22-12(21-11)6-8-19-13(18-5-2)20-9-7-14(15,16)17;/h4-9H2,1-3H3,(H2,18,19,20);1H. The fourth-order valence-electron chi connectivity index (χ4n) is 1.85. The predicted octanol–water partition coefficient (Wildman–Crippen LogP) is 3.68. The van der Waals surface area contributed by atoms with Crippen molar-refractivity contribution in [2.75, 3.05) is 19.6 Å². The number of aryl methyl sites for hydroxylation is 2. The third kappa shape index (κ3) is 9.33. The summed E-state index contributed by atoms with van der Waals surface area (Å²) in [4.78, 5) is 9.69. The van der Waals surface area contributed by atoms with Gasteiger partial charge in [-0.3, -0.25) is 4.99 Å². The second-order valence-corrected chi connectivity index (χ2v) is 6.05. The van der Waals surface area contributed by atoms with Gasteiger partial charge in [0.25, 0.3) is 0 Å². The summed E-state index contributed by atoms with van der Waals surface area (Å²) in [6, 6.07) is 0. The maximum absolute atomic E-state index is 12.1. The van der Waals surface area contributed by atoms with Crippen molar-refractivity contribution in [3.8, 4) is 0 Å². The van der Waals surface area contributed by atoms with E-state index in [1.807, 2.05) is 6.92 Å². The molecule has 0 spiro atoms. The van der Waals surface area contributed by atoms with Gasteiger partial charge in [-0.1, -0.05) is 6.92 Å². The molecule has 134 valence electrons. The Kier molecular flexibility index (Phi) is 10.8. The molecule has 0 amide bonds. The molecule has 1 heterocycles. The fraction of sp³-hybridized carbons (Fsp3) is 0.714. The number of hydrogen-bond donors (Lipinski definition) is 2. The average Bonchev–Trinajstić information content (AvgIpc) is 2.77. The lowest BCUT2D eigenvalue weighted by molar-refractivity contribution is -0.132. The van der Waals surface area contributed by atoms with Crippen molar-refractivity contribution in [2.24, 2.45) is 4.99 Å². The summed E-state index contributed by atoms with van der Waals surface area (Å²) in [5, 5.41) is 7.01. The highest BCUT2D eigenvalue weighted by Gasteiger charge is 2.26. The number of guanidine groups is 1. The van der Waals surface area contributed by atoms with E-state index in [4.69, 9.17) is 0 Å². The number of alkyl halides is 3. The van der Waals surface area contributed by atoms with E-state index in [2.05, 4.69) is 34.5 Å². The van der Waals surface area contributed by atoms with Gasteiger partial charge in [0.05, 0.1) is 23.7 Å². The number of aliphatic imine (C=N–C) groups is 1. The maximum atomic E-state index is 12.1. The lowest BCUT2D eigenvalue weighted by atomic mass is 10.3. The molecule has 0 aromatic carbocycles. The van der Waals surface area contributed by atoms with E-state index in [0.29, 0.717) is 19.0 Å². The highest BCUT2D eigenvalue weighted by atomic mass is 127. The molecule has 0 unspecified atom stereocenters. The van der Waals surface area contributed by atoms with Crippen molar-refractivity contribution < 1.29 is 13.2 Å². The molecular weight excluding hydrogens is 440 g/mol. The van der Waals surface area contributed by atoms with Crippen LogP contribution in [0.25, 0.3) is 0 Å². The molecule has 9 heteroatoms. The fourth-order valence-corrected chi connectivity index (χ4v) is 2.87. The Morgan fingerprint density at radius 1 is 1.26 bits per heavy atom. The summed E-state index contributed by atoms with van der Waals surface area (Å²) < 4.78 is 36.4. The molecule has 1 aromatic rings. The molecule has 0 radical (unpaired) electrons. The summed E-state index contributed by atoms with van der Waals surface area (Å²) in [6.45, 7) is 6.92. The molecule has 0 saturated carbocycles. The Morgan fingerprint density at radius 3 is 2.48 bits per heavy atom. The lowest BCUT2D eigenvalue weighted by Crippen LogP contribution is -2.38. The summed E-state index contributed by atoms with van der Waals surface area (Å²) in [5.41, 5.74) is 1.12. The van der Waals surface area contributed by atoms with Crippen LogP contribution in [0.3, 0.4) is 0 Å². The van der Waals surface area contributed by atoms with Gasteiger partial charge in [-0.15, -0.1) is 35.3 Å². The van der Waals surface area contributed by atoms with Gasteiger partial charge in [0.2, 0.25) is 0 Å². The number of rotatable bonds is 7. The van der Waals surface area contributed by atoms with Crippen molar-refractivity contribution in [3.63, 3.8) is 0 Å². The van der Waals surface area contributed by atoms with E-state index >= 15 is 0 Å². The first-order chi connectivity index (χ1) is 10.4. The van der Waals surface area contributed by atoms with Crippen LogP contribution in [-0.2, 0) is 12.8 Å². The predicted molar refractivity (Wildman–Crippen MR) is 100 cm³/mol. The Hall–Kier alpha value is -0.580. The van der Waals surface area contributed by atoms with Crippen molar-refractivity contribution >= 4 is 41.3 Å². The summed E-state index contributed by atoms with van der Waals surface area (Å²) in [6.07, 6.45) is -3.43. The first kappa shape index (κ1) is 22.4. The molecule has 1 aromatic heterocycles. The normalized spacial score (nSPS) is 12.0. The number of aromatic nitrogens is 1. The van der Waals surface area contributed by atoms with Gasteiger partial charge in [-0.25, -0.2) is 4.98 Å². The third-order valence-electron chi connectivity index (χ3n) is 2.91. The zero-order valence-electron chi connectivity index (χ0n) is 13.6. The smallest absolute Gasteiger partial charge is 0.357 e. The van der Waals surface area contributed by atoms with Gasteiger partial charge in [0.1, 0.15) is 0 Å². The van der Waals surface area contributed by atoms with Crippen molar-refractivity contribution in [1.82, 2.24) is 15.6 Å². The van der Waals surface area contributed by atoms with Crippen LogP contribution in [0.5, 0.6) is 0 Å². The van der Waals surface area contributed by atoms with E-state index in [1.165, 1.54) is 4.88 Å². The van der Waals surface area contributed by atoms with E-state index < -0.39 is 12.6 Å². The largest absolute Gasteiger partial charge is 0.390 e. The minimum Gasteiger partial charge on any atom is -0.357 e. The van der Waals surface area contributed by atoms with Crippen molar-refractivity contribution in [1.29, 1.82) is 0 Å². The Bertz CT molecular complexity index is 489. The van der Waals surface area contributed by atoms with Gasteiger partial charge in [0.15, 0.2) is 5.96 Å². The Morgan fingerprint density at radius 2 is 1.96 bits per heavy atom. The SMILES string of the molecule is CCNC(=NCCC(F)(F)F)NCCc1nc(CC)c(C)s1.I. The van der Waals surface area contributed by atoms with Crippen LogP contribution in [0, 0.1) is 6.92 Å². The zero-order valence-corrected chi connectivity index (χ0v) is 16.7. The second kappa shape index (κ2) is 11.1. The van der Waals surface area contributed by atoms with Crippen LogP contribution in [0.1, 0.15) is 35.8 Å². The third-order valence-corrected chi connectivity index (χ3v) is 3.99. The Balaban J connectivity index is 0.00000484. The van der Waals surface area contributed by atoms with Gasteiger partial charge in [-0.2, -0.15) is 13.2 Å². The topological polar surface area (TPSA) is 49.3 Å². The highest BCUT2D eigenvalue weighted by molar-refractivity contribution is 14.0. The van der Waals surface area contributed by atoms with Crippen molar-refractivity contribution in [2.45, 2.75) is 46.2 Å². The lowest BCUT2D eigenvalue weighted by Gasteiger charge is -2.11. The van der Waals surface area contributed by atoms with E-state index in [0.717, 1.165) is 23.5 Å². The van der Waals surface area contributed by atoms with E-state index in [1.54, 1.807) is 11.3 Å². The van der Waals surface area contributed by atoms with Crippen LogP contribution in [0.15, 0.2) is 4.99 Å². The molecular formula is C14H24F3IN4S. The molecule has 0 atom stereocenters. The molecule has 2 N–H and O–H groups in total. The Labute approximate surface area is 156 Å². The number of thiazole rings is 1. The van der Waals surface area contributed by atoms with Gasteiger partial charge in [-0.05, 0) is 20.3 Å². The monoisotopic (exact) mass is 464 g/mol. The number of nitrogens with zero attached hydrogens (tertiary/aromatic N) is 2. The summed E-state index contributed by atoms with van der Waals surface area (Å²) in [7, 11) is 0. The van der Waals surface area contributed by atoms with Crippen molar-refractivity contribution in [3.05, 3.63) is 15.6 Å². The van der Waals surface area contributed by atoms with Crippen LogP contribution < -0.4 is 10.6 Å². The first-order valence-corrected chi connectivity index (χ1v) is 8.21. The van der Waals surface area contributed by atoms with Gasteiger partial charge in [0, 0.05) is 24.4 Å². The number of nitrogens with one attached hydrogen (secondary N) is 2. The zero-order chi connectivity index (χ0) is 16.6. The van der Waals surface area contributed by atoms with Gasteiger partial charge < -0.3 is 10.6 Å². The molecule has 0 bridgehead atoms. The molecule has 0 aliphatic heterocycles. The van der Waals surface area contributed by atoms with E-state index in [-0.39, 0.29) is 30.5 Å². The van der Waals surface area contributed by atoms with Gasteiger partial charge >= 0.3 is 6.18 Å². The second-order valence-electron chi connectivity index (χ2n) is 4.77. The average molecular weight is 464 g/mol. The molecule has 0 aliphatic carbocycles. The van der Waals surface area contributed by atoms with Crippen LogP contribution >= 0.6 is 35.3 Å². The minimum absolute atomic E-state index is 0. The molecule has 0 aliphatic rings. The highest BCUT2D eigenvalue weighted by Crippen LogP contribution is 2.19. The first-order valence-electron chi connectivity index (χ1n) is 7.39. The number of hydrogen-bond acceptors (Lipinski definition) is 3. The molecule has 1 rings (SSSR count). The molecule has 23 heavy (non-hydrogen) atoms. The van der Waals surface area contributed by atoms with Crippen LogP contribution in [0.4, 0.5) is 13.2 Å². The molecule has 0 fully saturated rings. The number of halogens is 4. The molecule has 0 saturated heterocycles. The van der Waals surface area contributed by atoms with Crippen LogP contribution in [-0.4, -0.2) is 36.8 Å². The minimum atomic E-state index is -4.17. The molecule has 4 nitrogen and oxygen atoms in total.